The largest absolute Gasteiger partial charge is 0.489 e. The van der Waals surface area contributed by atoms with Gasteiger partial charge in [-0.15, -0.1) is 0 Å². The van der Waals surface area contributed by atoms with Crippen molar-refractivity contribution in [3.05, 3.63) is 90.4 Å². The molecule has 4 N–H and O–H groups in total. The summed E-state index contributed by atoms with van der Waals surface area (Å²) < 4.78 is 28.9. The van der Waals surface area contributed by atoms with Crippen LogP contribution < -0.4 is 20.5 Å². The van der Waals surface area contributed by atoms with E-state index >= 15 is 0 Å². The van der Waals surface area contributed by atoms with Crippen LogP contribution >= 0.6 is 0 Å². The van der Waals surface area contributed by atoms with Crippen LogP contribution in [0.25, 0.3) is 0 Å². The van der Waals surface area contributed by atoms with Crippen molar-refractivity contribution in [3.8, 4) is 5.75 Å². The quantitative estimate of drug-likeness (QED) is 0.359. The predicted molar refractivity (Wildman–Crippen MR) is 126 cm³/mol. The number of nitrogens with zero attached hydrogens (tertiary/aromatic N) is 3. The Morgan fingerprint density at radius 3 is 2.48 bits per heavy atom. The molecule has 0 aliphatic rings. The summed E-state index contributed by atoms with van der Waals surface area (Å²) in [5, 5.41) is 11.5. The van der Waals surface area contributed by atoms with Crippen molar-refractivity contribution in [2.24, 2.45) is 5.14 Å². The Morgan fingerprint density at radius 1 is 0.939 bits per heavy atom. The van der Waals surface area contributed by atoms with E-state index in [-0.39, 0.29) is 4.90 Å². The van der Waals surface area contributed by atoms with E-state index in [1.165, 1.54) is 12.1 Å². The van der Waals surface area contributed by atoms with E-state index in [4.69, 9.17) is 9.88 Å². The number of anilines is 4. The second kappa shape index (κ2) is 9.63. The zero-order valence-corrected chi connectivity index (χ0v) is 18.6. The smallest absolute Gasteiger partial charge is 0.238 e. The minimum Gasteiger partial charge on any atom is -0.489 e. The monoisotopic (exact) mass is 462 g/mol. The van der Waals surface area contributed by atoms with Crippen LogP contribution in [0.5, 0.6) is 5.75 Å². The van der Waals surface area contributed by atoms with Gasteiger partial charge in [-0.25, -0.2) is 18.5 Å². The number of aromatic nitrogens is 3. The van der Waals surface area contributed by atoms with Gasteiger partial charge < -0.3 is 15.4 Å². The van der Waals surface area contributed by atoms with Crippen molar-refractivity contribution < 1.29 is 13.2 Å². The van der Waals surface area contributed by atoms with Gasteiger partial charge in [-0.1, -0.05) is 12.1 Å². The summed E-state index contributed by atoms with van der Waals surface area (Å²) in [6.07, 6.45) is 3.49. The van der Waals surface area contributed by atoms with Gasteiger partial charge in [0.1, 0.15) is 18.2 Å². The number of rotatable bonds is 8. The van der Waals surface area contributed by atoms with Crippen LogP contribution in [-0.2, 0) is 16.6 Å². The summed E-state index contributed by atoms with van der Waals surface area (Å²) in [4.78, 5) is 12.9. The van der Waals surface area contributed by atoms with Crippen LogP contribution in [0.2, 0.25) is 0 Å². The van der Waals surface area contributed by atoms with Crippen LogP contribution in [0.3, 0.4) is 0 Å². The number of benzene rings is 2. The van der Waals surface area contributed by atoms with E-state index in [1.54, 1.807) is 30.6 Å². The minimum atomic E-state index is -3.80. The van der Waals surface area contributed by atoms with Crippen molar-refractivity contribution in [1.29, 1.82) is 0 Å². The molecule has 0 saturated carbocycles. The maximum absolute atomic E-state index is 11.6. The Labute approximate surface area is 191 Å². The standard InChI is InChI=1S/C23H22N6O3S/c1-16-12-22(29-23(26-16)28-19-5-2-6-21(13-19)33(24,30)31)27-18-7-9-20(10-8-18)32-15-17-4-3-11-25-14-17/h2-14H,15H2,1H3,(H2,24,30,31)(H2,26,27,28,29). The molecular formula is C23H22N6O3S. The van der Waals surface area contributed by atoms with E-state index in [9.17, 15) is 8.42 Å². The molecule has 0 atom stereocenters. The lowest BCUT2D eigenvalue weighted by atomic mass is 10.3. The Balaban J connectivity index is 1.44. The van der Waals surface area contributed by atoms with Crippen molar-refractivity contribution >= 4 is 33.2 Å². The van der Waals surface area contributed by atoms with Gasteiger partial charge in [0.25, 0.3) is 0 Å². The highest BCUT2D eigenvalue weighted by Gasteiger charge is 2.09. The fourth-order valence-corrected chi connectivity index (χ4v) is 3.56. The number of nitrogens with two attached hydrogens (primary N) is 1. The van der Waals surface area contributed by atoms with E-state index < -0.39 is 10.0 Å². The Morgan fingerprint density at radius 2 is 1.76 bits per heavy atom. The molecule has 0 aliphatic carbocycles. The molecule has 0 unspecified atom stereocenters. The Bertz CT molecular complexity index is 1350. The first-order valence-corrected chi connectivity index (χ1v) is 11.5. The molecule has 0 spiro atoms. The summed E-state index contributed by atoms with van der Waals surface area (Å²) in [7, 11) is -3.80. The number of ether oxygens (including phenoxy) is 1. The predicted octanol–water partition coefficient (Wildman–Crippen LogP) is 3.89. The molecule has 168 valence electrons. The summed E-state index contributed by atoms with van der Waals surface area (Å²) in [6, 6.07) is 19.3. The van der Waals surface area contributed by atoms with Crippen LogP contribution in [0, 0.1) is 6.92 Å². The first-order valence-electron chi connectivity index (χ1n) is 9.99. The third-order valence-corrected chi connectivity index (χ3v) is 5.44. The van der Waals surface area contributed by atoms with Crippen LogP contribution in [0.4, 0.5) is 23.1 Å². The maximum atomic E-state index is 11.6. The summed E-state index contributed by atoms with van der Waals surface area (Å²) in [5.41, 5.74) is 3.05. The first-order chi connectivity index (χ1) is 15.8. The number of hydrogen-bond acceptors (Lipinski definition) is 8. The molecule has 4 rings (SSSR count). The summed E-state index contributed by atoms with van der Waals surface area (Å²) >= 11 is 0. The molecule has 2 aromatic carbocycles. The second-order valence-electron chi connectivity index (χ2n) is 7.22. The van der Waals surface area contributed by atoms with E-state index in [0.29, 0.717) is 24.1 Å². The zero-order chi connectivity index (χ0) is 23.3. The number of aryl methyl sites for hydroxylation is 1. The van der Waals surface area contributed by atoms with Crippen LogP contribution in [0.15, 0.2) is 84.0 Å². The number of nitrogens with one attached hydrogen (secondary N) is 2. The van der Waals surface area contributed by atoms with Gasteiger partial charge in [0.15, 0.2) is 0 Å². The Hall–Kier alpha value is -4.02. The molecule has 2 aromatic heterocycles. The molecule has 0 amide bonds. The van der Waals surface area contributed by atoms with E-state index in [0.717, 1.165) is 22.7 Å². The van der Waals surface area contributed by atoms with Crippen molar-refractivity contribution in [3.63, 3.8) is 0 Å². The van der Waals surface area contributed by atoms with E-state index in [1.807, 2.05) is 43.3 Å². The minimum absolute atomic E-state index is 0.00402. The molecule has 9 nitrogen and oxygen atoms in total. The average molecular weight is 463 g/mol. The maximum Gasteiger partial charge on any atom is 0.238 e. The van der Waals surface area contributed by atoms with Gasteiger partial charge in [0.2, 0.25) is 16.0 Å². The number of pyridine rings is 1. The molecule has 33 heavy (non-hydrogen) atoms. The van der Waals surface area contributed by atoms with Gasteiger partial charge >= 0.3 is 0 Å². The molecule has 2 heterocycles. The SMILES string of the molecule is Cc1cc(Nc2ccc(OCc3cccnc3)cc2)nc(Nc2cccc(S(N)(=O)=O)c2)n1. The molecule has 0 aliphatic heterocycles. The van der Waals surface area contributed by atoms with Gasteiger partial charge in [-0.3, -0.25) is 4.98 Å². The van der Waals surface area contributed by atoms with Gasteiger partial charge in [0, 0.05) is 41.1 Å². The molecule has 10 heteroatoms. The number of hydrogen-bond donors (Lipinski definition) is 3. The fraction of sp³-hybridized carbons (Fsp3) is 0.0870. The Kier molecular flexibility index (Phi) is 6.48. The van der Waals surface area contributed by atoms with Crippen LogP contribution in [-0.4, -0.2) is 23.4 Å². The second-order valence-corrected chi connectivity index (χ2v) is 8.78. The topological polar surface area (TPSA) is 132 Å². The highest BCUT2D eigenvalue weighted by Crippen LogP contribution is 2.23. The highest BCUT2D eigenvalue weighted by molar-refractivity contribution is 7.89. The van der Waals surface area contributed by atoms with Crippen molar-refractivity contribution in [2.45, 2.75) is 18.4 Å². The lowest BCUT2D eigenvalue weighted by Crippen LogP contribution is -2.12. The first kappa shape index (κ1) is 22.2. The third kappa shape index (κ3) is 6.25. The summed E-state index contributed by atoms with van der Waals surface area (Å²) in [5.74, 6) is 1.64. The lowest BCUT2D eigenvalue weighted by Gasteiger charge is -2.11. The van der Waals surface area contributed by atoms with Gasteiger partial charge in [-0.2, -0.15) is 4.98 Å². The van der Waals surface area contributed by atoms with Crippen molar-refractivity contribution in [1.82, 2.24) is 15.0 Å². The van der Waals surface area contributed by atoms with Gasteiger partial charge in [0.05, 0.1) is 4.90 Å². The zero-order valence-electron chi connectivity index (χ0n) is 17.8. The number of sulfonamides is 1. The molecule has 0 saturated heterocycles. The molecule has 4 aromatic rings. The molecule has 0 fully saturated rings. The lowest BCUT2D eigenvalue weighted by molar-refractivity contribution is 0.306. The highest BCUT2D eigenvalue weighted by atomic mass is 32.2. The van der Waals surface area contributed by atoms with Gasteiger partial charge in [-0.05, 0) is 55.5 Å². The number of primary sulfonamides is 1. The average Bonchev–Trinajstić information content (AvgIpc) is 2.79. The third-order valence-electron chi connectivity index (χ3n) is 4.53. The molecule has 0 radical (unpaired) electrons. The van der Waals surface area contributed by atoms with Crippen molar-refractivity contribution in [2.75, 3.05) is 10.6 Å². The van der Waals surface area contributed by atoms with E-state index in [2.05, 4.69) is 25.6 Å². The fourth-order valence-electron chi connectivity index (χ4n) is 3.00. The molecule has 0 bridgehead atoms. The van der Waals surface area contributed by atoms with Crippen LogP contribution in [0.1, 0.15) is 11.3 Å². The molecular weight excluding hydrogens is 440 g/mol. The normalized spacial score (nSPS) is 11.1. The summed E-state index contributed by atoms with van der Waals surface area (Å²) in [6.45, 7) is 2.28.